The number of ether oxygens (including phenoxy) is 2. The number of rotatable bonds is 9. The zero-order valence-electron chi connectivity index (χ0n) is 22.8. The molecule has 1 saturated carbocycles. The molecule has 0 aliphatic heterocycles. The maximum absolute atomic E-state index is 13.1. The van der Waals surface area contributed by atoms with Crippen LogP contribution in [0.3, 0.4) is 0 Å². The number of alkyl carbamates (subject to hydrolysis) is 1. The third kappa shape index (κ3) is 7.90. The lowest BCUT2D eigenvalue weighted by Gasteiger charge is -2.28. The van der Waals surface area contributed by atoms with Gasteiger partial charge in [-0.3, -0.25) is 5.32 Å². The molecule has 210 valence electrons. The highest BCUT2D eigenvalue weighted by Crippen LogP contribution is 2.41. The maximum atomic E-state index is 13.1. The molecule has 0 radical (unpaired) electrons. The van der Waals surface area contributed by atoms with Gasteiger partial charge in [0.2, 0.25) is 10.0 Å². The van der Waals surface area contributed by atoms with Gasteiger partial charge in [0.05, 0.1) is 32.7 Å². The van der Waals surface area contributed by atoms with Crippen molar-refractivity contribution in [3.05, 3.63) is 28.9 Å². The number of anilines is 1. The Morgan fingerprint density at radius 2 is 1.68 bits per heavy atom. The number of hydrogen-bond acceptors (Lipinski definition) is 8. The molecule has 2 amide bonds. The molecule has 0 bridgehead atoms. The van der Waals surface area contributed by atoms with E-state index in [0.717, 1.165) is 41.3 Å². The van der Waals surface area contributed by atoms with Crippen molar-refractivity contribution in [2.75, 3.05) is 11.9 Å². The highest BCUT2D eigenvalue weighted by atomic mass is 32.2. The second-order valence-corrected chi connectivity index (χ2v) is 12.7. The van der Waals surface area contributed by atoms with Crippen LogP contribution in [0.15, 0.2) is 23.1 Å². The van der Waals surface area contributed by atoms with E-state index in [1.807, 2.05) is 20.8 Å². The van der Waals surface area contributed by atoms with Gasteiger partial charge >= 0.3 is 12.2 Å². The van der Waals surface area contributed by atoms with E-state index in [0.29, 0.717) is 11.3 Å². The summed E-state index contributed by atoms with van der Waals surface area (Å²) < 4.78 is 39.1. The number of aryl methyl sites for hydroxylation is 1. The molecule has 1 aromatic carbocycles. The number of carbonyl (C=O) groups excluding carboxylic acids is 2. The fourth-order valence-corrected chi connectivity index (χ4v) is 7.00. The van der Waals surface area contributed by atoms with E-state index in [-0.39, 0.29) is 41.7 Å². The molecule has 3 N–H and O–H groups in total. The average molecular weight is 567 g/mol. The second-order valence-electron chi connectivity index (χ2n) is 9.90. The van der Waals surface area contributed by atoms with Gasteiger partial charge in [-0.15, -0.1) is 11.3 Å². The van der Waals surface area contributed by atoms with Crippen LogP contribution in [0.4, 0.5) is 15.3 Å². The molecule has 12 heteroatoms. The van der Waals surface area contributed by atoms with Crippen molar-refractivity contribution in [1.82, 2.24) is 15.0 Å². The summed E-state index contributed by atoms with van der Waals surface area (Å²) in [4.78, 5) is 29.7. The highest BCUT2D eigenvalue weighted by molar-refractivity contribution is 7.89. The molecule has 3 rings (SSSR count). The van der Waals surface area contributed by atoms with Crippen LogP contribution in [0, 0.1) is 6.92 Å². The van der Waals surface area contributed by atoms with Crippen LogP contribution in [0.25, 0.3) is 10.4 Å². The zero-order chi connectivity index (χ0) is 28.0. The fraction of sp³-hybridized carbons (Fsp3) is 0.577. The molecule has 1 aliphatic rings. The Labute approximate surface area is 229 Å². The van der Waals surface area contributed by atoms with Crippen molar-refractivity contribution in [2.24, 2.45) is 0 Å². The van der Waals surface area contributed by atoms with Crippen LogP contribution in [-0.2, 0) is 19.5 Å². The smallest absolute Gasteiger partial charge is 0.411 e. The predicted molar refractivity (Wildman–Crippen MR) is 148 cm³/mol. The van der Waals surface area contributed by atoms with Gasteiger partial charge in [0.1, 0.15) is 0 Å². The summed E-state index contributed by atoms with van der Waals surface area (Å²) in [7, 11) is -3.85. The first-order valence-electron chi connectivity index (χ1n) is 13.0. The number of nitrogens with one attached hydrogen (secondary N) is 3. The molecule has 38 heavy (non-hydrogen) atoms. The first kappa shape index (κ1) is 29.9. The molecule has 0 unspecified atom stereocenters. The summed E-state index contributed by atoms with van der Waals surface area (Å²) >= 11 is 1.49. The van der Waals surface area contributed by atoms with Gasteiger partial charge in [-0.05, 0) is 72.4 Å². The summed E-state index contributed by atoms with van der Waals surface area (Å²) in [5, 5.41) is 6.49. The SMILES string of the molecule is CCNS(=O)(=O)c1cc(NC(=O)OC(C)C)ccc1-c1sc([C@H]2CC[C@H](NC(=O)OC(C)C)CC2)nc1C. The molecular formula is C26H38N4O6S2. The first-order valence-corrected chi connectivity index (χ1v) is 15.3. The standard InChI is InChI=1S/C26H38N4O6S2/c1-7-27-38(33,34)22-14-20(30-26(32)36-16(4)5)12-13-21(22)23-17(6)28-24(37-23)18-8-10-19(11-9-18)29-25(31)35-15(2)3/h12-16,18-19,27H,7-11H2,1-6H3,(H,29,31)(H,30,32)/t18-,19-. The minimum absolute atomic E-state index is 0.0663. The molecule has 1 fully saturated rings. The molecule has 0 spiro atoms. The Morgan fingerprint density at radius 1 is 1.05 bits per heavy atom. The van der Waals surface area contributed by atoms with Crippen molar-refractivity contribution in [3.8, 4) is 10.4 Å². The molecule has 1 aliphatic carbocycles. The molecule has 0 saturated heterocycles. The third-order valence-corrected chi connectivity index (χ3v) is 8.93. The fourth-order valence-electron chi connectivity index (χ4n) is 4.38. The molecule has 1 heterocycles. The number of sulfonamides is 1. The quantitative estimate of drug-likeness (QED) is 0.363. The van der Waals surface area contributed by atoms with Gasteiger partial charge in [0, 0.05) is 29.8 Å². The highest BCUT2D eigenvalue weighted by Gasteiger charge is 2.28. The van der Waals surface area contributed by atoms with Gasteiger partial charge < -0.3 is 14.8 Å². The van der Waals surface area contributed by atoms with Crippen LogP contribution < -0.4 is 15.4 Å². The van der Waals surface area contributed by atoms with Crippen molar-refractivity contribution >= 4 is 39.2 Å². The first-order chi connectivity index (χ1) is 17.9. The van der Waals surface area contributed by atoms with E-state index < -0.39 is 16.1 Å². The lowest BCUT2D eigenvalue weighted by Crippen LogP contribution is -2.38. The van der Waals surface area contributed by atoms with Gasteiger partial charge in [-0.1, -0.05) is 13.0 Å². The Hall–Kier alpha value is -2.70. The summed E-state index contributed by atoms with van der Waals surface area (Å²) in [5.41, 5.74) is 1.60. The number of hydrogen-bond donors (Lipinski definition) is 3. The number of aromatic nitrogens is 1. The summed E-state index contributed by atoms with van der Waals surface area (Å²) in [6.45, 7) is 10.9. The molecular weight excluding hydrogens is 528 g/mol. The Kier molecular flexibility index (Phi) is 10.1. The van der Waals surface area contributed by atoms with Crippen LogP contribution >= 0.6 is 11.3 Å². The van der Waals surface area contributed by atoms with Crippen molar-refractivity contribution in [1.29, 1.82) is 0 Å². The third-order valence-electron chi connectivity index (χ3n) is 5.99. The van der Waals surface area contributed by atoms with Gasteiger partial charge in [-0.25, -0.2) is 27.7 Å². The topological polar surface area (TPSA) is 136 Å². The zero-order valence-corrected chi connectivity index (χ0v) is 24.4. The van der Waals surface area contributed by atoms with Gasteiger partial charge in [0.15, 0.2) is 0 Å². The summed E-state index contributed by atoms with van der Waals surface area (Å²) in [6.07, 6.45) is 1.85. The van der Waals surface area contributed by atoms with E-state index >= 15 is 0 Å². The number of amides is 2. The van der Waals surface area contributed by atoms with Crippen LogP contribution in [0.1, 0.15) is 76.9 Å². The van der Waals surface area contributed by atoms with E-state index in [9.17, 15) is 18.0 Å². The average Bonchev–Trinajstić information content (AvgIpc) is 3.19. The van der Waals surface area contributed by atoms with Crippen molar-refractivity contribution < 1.29 is 27.5 Å². The second kappa shape index (κ2) is 12.9. The Balaban J connectivity index is 1.83. The number of benzene rings is 1. The molecule has 1 aromatic heterocycles. The van der Waals surface area contributed by atoms with Crippen LogP contribution in [-0.4, -0.2) is 50.4 Å². The van der Waals surface area contributed by atoms with Crippen LogP contribution in [0.2, 0.25) is 0 Å². The number of nitrogens with zero attached hydrogens (tertiary/aromatic N) is 1. The maximum Gasteiger partial charge on any atom is 0.411 e. The largest absolute Gasteiger partial charge is 0.447 e. The predicted octanol–water partition coefficient (Wildman–Crippen LogP) is 5.53. The summed E-state index contributed by atoms with van der Waals surface area (Å²) in [6, 6.07) is 4.87. The van der Waals surface area contributed by atoms with Gasteiger partial charge in [-0.2, -0.15) is 0 Å². The van der Waals surface area contributed by atoms with Crippen molar-refractivity contribution in [2.45, 2.75) is 96.3 Å². The Bertz CT molecular complexity index is 1230. The number of thiazole rings is 1. The van der Waals surface area contributed by atoms with E-state index in [1.54, 1.807) is 32.9 Å². The lowest BCUT2D eigenvalue weighted by atomic mass is 9.86. The van der Waals surface area contributed by atoms with E-state index in [2.05, 4.69) is 15.4 Å². The number of carbonyl (C=O) groups is 2. The lowest BCUT2D eigenvalue weighted by molar-refractivity contribution is 0.109. The minimum atomic E-state index is -3.85. The minimum Gasteiger partial charge on any atom is -0.447 e. The molecule has 2 aromatic rings. The van der Waals surface area contributed by atoms with E-state index in [1.165, 1.54) is 17.4 Å². The van der Waals surface area contributed by atoms with Crippen LogP contribution in [0.5, 0.6) is 0 Å². The normalized spacial score (nSPS) is 17.9. The molecule has 0 atom stereocenters. The molecule has 10 nitrogen and oxygen atoms in total. The van der Waals surface area contributed by atoms with E-state index in [4.69, 9.17) is 14.5 Å². The summed E-state index contributed by atoms with van der Waals surface area (Å²) in [5.74, 6) is 0.229. The van der Waals surface area contributed by atoms with Crippen molar-refractivity contribution in [3.63, 3.8) is 0 Å². The van der Waals surface area contributed by atoms with Gasteiger partial charge in [0.25, 0.3) is 0 Å². The Morgan fingerprint density at radius 3 is 2.29 bits per heavy atom. The monoisotopic (exact) mass is 566 g/mol.